The molecule has 1 heteroatoms. The van der Waals surface area contributed by atoms with Gasteiger partial charge in [0.05, 0.1) is 0 Å². The predicted octanol–water partition coefficient (Wildman–Crippen LogP) is 5.85. The average Bonchev–Trinajstić information content (AvgIpc) is 2.84. The van der Waals surface area contributed by atoms with Crippen molar-refractivity contribution < 1.29 is 0 Å². The number of nitrogens with zero attached hydrogens (tertiary/aromatic N) is 1. The Hall–Kier alpha value is -0.720. The average molecular weight is 260 g/mol. The molecule has 0 fully saturated rings. The predicted molar refractivity (Wildman–Crippen MR) is 82.9 cm³/mol. The molecule has 107 valence electrons. The van der Waals surface area contributed by atoms with Gasteiger partial charge in [-0.25, -0.2) is 0 Å². The molecule has 0 N–H and O–H groups in total. The second-order valence-corrected chi connectivity index (χ2v) is 6.15. The van der Waals surface area contributed by atoms with Crippen LogP contribution in [0.3, 0.4) is 0 Å². The number of allylic oxidation sites excluding steroid dienone is 4. The van der Waals surface area contributed by atoms with Crippen molar-refractivity contribution in [3.8, 4) is 0 Å². The third kappa shape index (κ3) is 5.04. The van der Waals surface area contributed by atoms with E-state index in [0.717, 1.165) is 0 Å². The van der Waals surface area contributed by atoms with Crippen LogP contribution in [-0.4, -0.2) is 0 Å². The Kier molecular flexibility index (Phi) is 6.53. The van der Waals surface area contributed by atoms with E-state index < -0.39 is 0 Å². The fourth-order valence-corrected chi connectivity index (χ4v) is 3.17. The Bertz CT molecular complexity index is 325. The summed E-state index contributed by atoms with van der Waals surface area (Å²) in [7, 11) is 0. The SMILES string of the molecule is CCCCCCCCCCC1=CC2=C(CCCC2)[N]1. The standard InChI is InChI=1S/C18H30N/c1-2-3-4-5-6-7-8-9-13-17-15-16-12-10-11-14-18(16)19-17/h15H,2-14H2,1H3. The van der Waals surface area contributed by atoms with Crippen LogP contribution in [0.15, 0.2) is 23.0 Å². The Balaban J connectivity index is 1.49. The fraction of sp³-hybridized carbons (Fsp3) is 0.778. The summed E-state index contributed by atoms with van der Waals surface area (Å²) >= 11 is 0. The molecule has 0 bridgehead atoms. The molecule has 1 nitrogen and oxygen atoms in total. The Labute approximate surface area is 119 Å². The minimum atomic E-state index is 1.21. The van der Waals surface area contributed by atoms with Crippen LogP contribution in [0, 0.1) is 0 Å². The van der Waals surface area contributed by atoms with Crippen LogP contribution in [0.5, 0.6) is 0 Å². The molecule has 0 saturated heterocycles. The Morgan fingerprint density at radius 1 is 0.895 bits per heavy atom. The largest absolute Gasteiger partial charge is 0.258 e. The second kappa shape index (κ2) is 8.45. The molecule has 0 aromatic heterocycles. The molecule has 2 rings (SSSR count). The highest BCUT2D eigenvalue weighted by Gasteiger charge is 2.19. The van der Waals surface area contributed by atoms with Crippen molar-refractivity contribution in [2.24, 2.45) is 0 Å². The molecule has 1 radical (unpaired) electrons. The van der Waals surface area contributed by atoms with Gasteiger partial charge < -0.3 is 0 Å². The van der Waals surface area contributed by atoms with Crippen LogP contribution in [0.4, 0.5) is 0 Å². The molecule has 1 aliphatic carbocycles. The van der Waals surface area contributed by atoms with E-state index >= 15 is 0 Å². The summed E-state index contributed by atoms with van der Waals surface area (Å²) in [6.45, 7) is 2.28. The van der Waals surface area contributed by atoms with Crippen molar-refractivity contribution in [2.45, 2.75) is 90.4 Å². The fourth-order valence-electron chi connectivity index (χ4n) is 3.17. The van der Waals surface area contributed by atoms with Crippen molar-refractivity contribution in [1.82, 2.24) is 5.32 Å². The molecule has 1 aliphatic heterocycles. The summed E-state index contributed by atoms with van der Waals surface area (Å²) < 4.78 is 0. The van der Waals surface area contributed by atoms with Crippen molar-refractivity contribution >= 4 is 0 Å². The van der Waals surface area contributed by atoms with Gasteiger partial charge >= 0.3 is 0 Å². The lowest BCUT2D eigenvalue weighted by atomic mass is 9.98. The van der Waals surface area contributed by atoms with Crippen LogP contribution in [0.2, 0.25) is 0 Å². The zero-order valence-corrected chi connectivity index (χ0v) is 12.7. The van der Waals surface area contributed by atoms with E-state index in [9.17, 15) is 0 Å². The lowest BCUT2D eigenvalue weighted by molar-refractivity contribution is 0.571. The normalized spacial score (nSPS) is 18.3. The summed E-state index contributed by atoms with van der Waals surface area (Å²) in [5, 5.41) is 4.81. The summed E-state index contributed by atoms with van der Waals surface area (Å²) in [4.78, 5) is 0. The second-order valence-electron chi connectivity index (χ2n) is 6.15. The molecule has 0 atom stereocenters. The van der Waals surface area contributed by atoms with Crippen LogP contribution < -0.4 is 5.32 Å². The van der Waals surface area contributed by atoms with Crippen LogP contribution in [-0.2, 0) is 0 Å². The summed E-state index contributed by atoms with van der Waals surface area (Å²) in [5.74, 6) is 0. The van der Waals surface area contributed by atoms with E-state index in [0.29, 0.717) is 0 Å². The highest BCUT2D eigenvalue weighted by atomic mass is 14.9. The monoisotopic (exact) mass is 260 g/mol. The quantitative estimate of drug-likeness (QED) is 0.462. The van der Waals surface area contributed by atoms with E-state index in [2.05, 4.69) is 13.0 Å². The van der Waals surface area contributed by atoms with Gasteiger partial charge in [0.1, 0.15) is 0 Å². The third-order valence-corrected chi connectivity index (χ3v) is 4.39. The topological polar surface area (TPSA) is 14.1 Å². The lowest BCUT2D eigenvalue weighted by Crippen LogP contribution is -2.03. The van der Waals surface area contributed by atoms with Gasteiger partial charge in [0.25, 0.3) is 0 Å². The first kappa shape index (κ1) is 14.7. The molecule has 19 heavy (non-hydrogen) atoms. The van der Waals surface area contributed by atoms with Crippen molar-refractivity contribution in [1.29, 1.82) is 0 Å². The smallest absolute Gasteiger partial charge is 0.0439 e. The van der Waals surface area contributed by atoms with Gasteiger partial charge in [-0.15, -0.1) is 0 Å². The van der Waals surface area contributed by atoms with E-state index in [1.165, 1.54) is 94.9 Å². The van der Waals surface area contributed by atoms with Gasteiger partial charge in [-0.2, -0.15) is 0 Å². The van der Waals surface area contributed by atoms with Gasteiger partial charge in [0.15, 0.2) is 0 Å². The van der Waals surface area contributed by atoms with Gasteiger partial charge in [0, 0.05) is 11.4 Å². The zero-order chi connectivity index (χ0) is 13.3. The summed E-state index contributed by atoms with van der Waals surface area (Å²) in [6, 6.07) is 0. The molecular formula is C18H30N. The van der Waals surface area contributed by atoms with Crippen molar-refractivity contribution in [2.75, 3.05) is 0 Å². The first-order valence-electron chi connectivity index (χ1n) is 8.54. The Morgan fingerprint density at radius 3 is 2.32 bits per heavy atom. The molecule has 0 unspecified atom stereocenters. The molecule has 2 aliphatic rings. The number of unbranched alkanes of at least 4 members (excludes halogenated alkanes) is 7. The maximum Gasteiger partial charge on any atom is 0.0439 e. The maximum atomic E-state index is 4.81. The minimum absolute atomic E-state index is 1.21. The van der Waals surface area contributed by atoms with Gasteiger partial charge in [-0.05, 0) is 50.2 Å². The van der Waals surface area contributed by atoms with Crippen molar-refractivity contribution in [3.05, 3.63) is 23.0 Å². The molecule has 0 aromatic rings. The maximum absolute atomic E-state index is 4.81. The lowest BCUT2D eigenvalue weighted by Gasteiger charge is -2.11. The summed E-state index contributed by atoms with van der Waals surface area (Å²) in [5.41, 5.74) is 4.35. The van der Waals surface area contributed by atoms with E-state index in [1.54, 1.807) is 5.57 Å². The van der Waals surface area contributed by atoms with Crippen LogP contribution in [0.25, 0.3) is 0 Å². The molecular weight excluding hydrogens is 230 g/mol. The molecule has 0 saturated carbocycles. The van der Waals surface area contributed by atoms with Gasteiger partial charge in [-0.1, -0.05) is 51.9 Å². The van der Waals surface area contributed by atoms with Gasteiger partial charge in [-0.3, -0.25) is 5.32 Å². The van der Waals surface area contributed by atoms with Crippen LogP contribution >= 0.6 is 0 Å². The number of rotatable bonds is 9. The number of hydrogen-bond acceptors (Lipinski definition) is 0. The van der Waals surface area contributed by atoms with E-state index in [1.807, 2.05) is 0 Å². The number of hydrogen-bond donors (Lipinski definition) is 0. The van der Waals surface area contributed by atoms with Crippen molar-refractivity contribution in [3.63, 3.8) is 0 Å². The molecule has 1 heterocycles. The van der Waals surface area contributed by atoms with Gasteiger partial charge in [0.2, 0.25) is 0 Å². The molecule has 0 aromatic carbocycles. The van der Waals surface area contributed by atoms with E-state index in [4.69, 9.17) is 5.32 Å². The molecule has 0 amide bonds. The van der Waals surface area contributed by atoms with Crippen LogP contribution in [0.1, 0.15) is 90.4 Å². The first-order chi connectivity index (χ1) is 9.40. The highest BCUT2D eigenvalue weighted by molar-refractivity contribution is 5.37. The first-order valence-corrected chi connectivity index (χ1v) is 8.54. The minimum Gasteiger partial charge on any atom is -0.258 e. The van der Waals surface area contributed by atoms with E-state index in [-0.39, 0.29) is 0 Å². The summed E-state index contributed by atoms with van der Waals surface area (Å²) in [6.07, 6.45) is 20.1. The highest BCUT2D eigenvalue weighted by Crippen LogP contribution is 2.32. The third-order valence-electron chi connectivity index (χ3n) is 4.39. The zero-order valence-electron chi connectivity index (χ0n) is 12.7. The Morgan fingerprint density at radius 2 is 1.58 bits per heavy atom. The molecule has 0 spiro atoms.